The van der Waals surface area contributed by atoms with Crippen LogP contribution in [0.3, 0.4) is 0 Å². The summed E-state index contributed by atoms with van der Waals surface area (Å²) >= 11 is 0. The van der Waals surface area contributed by atoms with Crippen molar-refractivity contribution >= 4 is 11.9 Å². The van der Waals surface area contributed by atoms with Crippen LogP contribution in [-0.4, -0.2) is 53.8 Å². The van der Waals surface area contributed by atoms with Gasteiger partial charge in [0.05, 0.1) is 20.1 Å². The molecular formula is C13H17NO5. The molecule has 6 heteroatoms. The first kappa shape index (κ1) is 15.0. The van der Waals surface area contributed by atoms with Crippen LogP contribution in [0.15, 0.2) is 24.3 Å². The van der Waals surface area contributed by atoms with Gasteiger partial charge in [-0.25, -0.2) is 0 Å². The Morgan fingerprint density at radius 2 is 2.05 bits per heavy atom. The van der Waals surface area contributed by atoms with Crippen molar-refractivity contribution in [2.75, 3.05) is 26.8 Å². The third-order valence-electron chi connectivity index (χ3n) is 2.57. The number of benzene rings is 1. The SMILES string of the molecule is COc1cccc(C(=O)N(CCO)CCC(=O)O)c1. The van der Waals surface area contributed by atoms with E-state index in [1.54, 1.807) is 24.3 Å². The molecule has 0 saturated carbocycles. The normalized spacial score (nSPS) is 10.0. The Balaban J connectivity index is 2.82. The number of carbonyl (C=O) groups excluding carboxylic acids is 1. The zero-order valence-electron chi connectivity index (χ0n) is 10.7. The van der Waals surface area contributed by atoms with Gasteiger partial charge in [0.1, 0.15) is 5.75 Å². The van der Waals surface area contributed by atoms with E-state index in [0.717, 1.165) is 0 Å². The fourth-order valence-corrected chi connectivity index (χ4v) is 1.60. The maximum Gasteiger partial charge on any atom is 0.305 e. The number of aliphatic hydroxyl groups is 1. The molecule has 0 radical (unpaired) electrons. The quantitative estimate of drug-likeness (QED) is 0.755. The van der Waals surface area contributed by atoms with Gasteiger partial charge in [-0.2, -0.15) is 0 Å². The first-order valence-electron chi connectivity index (χ1n) is 5.84. The lowest BCUT2D eigenvalue weighted by atomic mass is 10.2. The van der Waals surface area contributed by atoms with Crippen LogP contribution in [0.1, 0.15) is 16.8 Å². The molecule has 0 aliphatic carbocycles. The van der Waals surface area contributed by atoms with E-state index < -0.39 is 5.97 Å². The van der Waals surface area contributed by atoms with E-state index >= 15 is 0 Å². The molecule has 0 aliphatic rings. The van der Waals surface area contributed by atoms with Crippen molar-refractivity contribution in [1.29, 1.82) is 0 Å². The van der Waals surface area contributed by atoms with Gasteiger partial charge in [-0.05, 0) is 18.2 Å². The van der Waals surface area contributed by atoms with Gasteiger partial charge in [0, 0.05) is 18.7 Å². The van der Waals surface area contributed by atoms with Crippen molar-refractivity contribution in [3.05, 3.63) is 29.8 Å². The number of carboxylic acids is 1. The van der Waals surface area contributed by atoms with Gasteiger partial charge in [0.25, 0.3) is 5.91 Å². The van der Waals surface area contributed by atoms with Gasteiger partial charge in [-0.1, -0.05) is 6.07 Å². The second-order valence-corrected chi connectivity index (χ2v) is 3.89. The molecule has 2 N–H and O–H groups in total. The van der Waals surface area contributed by atoms with Gasteiger partial charge in [-0.3, -0.25) is 9.59 Å². The Morgan fingerprint density at radius 1 is 1.32 bits per heavy atom. The molecule has 0 saturated heterocycles. The van der Waals surface area contributed by atoms with E-state index in [1.165, 1.54) is 12.0 Å². The molecule has 1 rings (SSSR count). The predicted molar refractivity (Wildman–Crippen MR) is 68.2 cm³/mol. The van der Waals surface area contributed by atoms with Gasteiger partial charge in [-0.15, -0.1) is 0 Å². The zero-order valence-corrected chi connectivity index (χ0v) is 10.7. The molecule has 1 amide bonds. The standard InChI is InChI=1S/C13H17NO5/c1-19-11-4-2-3-10(9-11)13(18)14(7-8-15)6-5-12(16)17/h2-4,9,15H,5-8H2,1H3,(H,16,17). The molecule has 0 aromatic heterocycles. The van der Waals surface area contributed by atoms with Crippen LogP contribution in [-0.2, 0) is 4.79 Å². The van der Waals surface area contributed by atoms with E-state index in [2.05, 4.69) is 0 Å². The van der Waals surface area contributed by atoms with Crippen molar-refractivity contribution in [2.24, 2.45) is 0 Å². The van der Waals surface area contributed by atoms with Crippen molar-refractivity contribution in [2.45, 2.75) is 6.42 Å². The Morgan fingerprint density at radius 3 is 2.63 bits per heavy atom. The van der Waals surface area contributed by atoms with E-state index in [4.69, 9.17) is 14.9 Å². The summed E-state index contributed by atoms with van der Waals surface area (Å²) in [4.78, 5) is 24.0. The highest BCUT2D eigenvalue weighted by Crippen LogP contribution is 2.14. The molecule has 0 heterocycles. The van der Waals surface area contributed by atoms with E-state index in [-0.39, 0.29) is 32.0 Å². The minimum atomic E-state index is -0.985. The zero-order chi connectivity index (χ0) is 14.3. The summed E-state index contributed by atoms with van der Waals surface area (Å²) in [5.41, 5.74) is 0.401. The van der Waals surface area contributed by atoms with Gasteiger partial charge >= 0.3 is 5.97 Å². The molecule has 19 heavy (non-hydrogen) atoms. The number of aliphatic hydroxyl groups excluding tert-OH is 1. The Labute approximate surface area is 111 Å². The first-order valence-corrected chi connectivity index (χ1v) is 5.84. The smallest absolute Gasteiger partial charge is 0.305 e. The van der Waals surface area contributed by atoms with Crippen molar-refractivity contribution in [1.82, 2.24) is 4.90 Å². The van der Waals surface area contributed by atoms with Crippen LogP contribution in [0.4, 0.5) is 0 Å². The highest BCUT2D eigenvalue weighted by molar-refractivity contribution is 5.94. The summed E-state index contributed by atoms with van der Waals surface area (Å²) < 4.78 is 5.03. The number of carbonyl (C=O) groups is 2. The number of nitrogens with zero attached hydrogens (tertiary/aromatic N) is 1. The first-order chi connectivity index (χ1) is 9.08. The fourth-order valence-electron chi connectivity index (χ4n) is 1.60. The maximum atomic E-state index is 12.2. The highest BCUT2D eigenvalue weighted by Gasteiger charge is 2.16. The highest BCUT2D eigenvalue weighted by atomic mass is 16.5. The molecule has 0 aliphatic heterocycles. The number of methoxy groups -OCH3 is 1. The number of carboxylic acid groups (broad SMARTS) is 1. The topological polar surface area (TPSA) is 87.1 Å². The monoisotopic (exact) mass is 267 g/mol. The summed E-state index contributed by atoms with van der Waals surface area (Å²) in [6.07, 6.45) is -0.157. The molecule has 1 aromatic carbocycles. The maximum absolute atomic E-state index is 12.2. The van der Waals surface area contributed by atoms with Gasteiger partial charge in [0.2, 0.25) is 0 Å². The molecular weight excluding hydrogens is 250 g/mol. The largest absolute Gasteiger partial charge is 0.497 e. The lowest BCUT2D eigenvalue weighted by molar-refractivity contribution is -0.137. The Kier molecular flexibility index (Phi) is 5.81. The number of aliphatic carboxylic acids is 1. The molecule has 0 atom stereocenters. The molecule has 0 fully saturated rings. The summed E-state index contributed by atoms with van der Waals surface area (Å²) in [5, 5.41) is 17.6. The molecule has 6 nitrogen and oxygen atoms in total. The van der Waals surface area contributed by atoms with Crippen LogP contribution in [0, 0.1) is 0 Å². The van der Waals surface area contributed by atoms with Crippen LogP contribution in [0.25, 0.3) is 0 Å². The lowest BCUT2D eigenvalue weighted by Gasteiger charge is -2.21. The lowest BCUT2D eigenvalue weighted by Crippen LogP contribution is -2.35. The van der Waals surface area contributed by atoms with Crippen LogP contribution in [0.2, 0.25) is 0 Å². The second-order valence-electron chi connectivity index (χ2n) is 3.89. The summed E-state index contributed by atoms with van der Waals surface area (Å²) in [7, 11) is 1.50. The van der Waals surface area contributed by atoms with Crippen LogP contribution >= 0.6 is 0 Å². The summed E-state index contributed by atoms with van der Waals surface area (Å²) in [6.45, 7) is -0.0510. The average molecular weight is 267 g/mol. The van der Waals surface area contributed by atoms with E-state index in [1.807, 2.05) is 0 Å². The predicted octanol–water partition coefficient (Wildman–Crippen LogP) is 0.604. The number of rotatable bonds is 7. The average Bonchev–Trinajstić information content (AvgIpc) is 2.42. The summed E-state index contributed by atoms with van der Waals surface area (Å²) in [5.74, 6) is -0.761. The molecule has 0 bridgehead atoms. The number of hydrogen-bond donors (Lipinski definition) is 2. The van der Waals surface area contributed by atoms with Crippen molar-refractivity contribution in [3.8, 4) is 5.75 Å². The fraction of sp³-hybridized carbons (Fsp3) is 0.385. The number of amides is 1. The number of ether oxygens (including phenoxy) is 1. The van der Waals surface area contributed by atoms with Crippen LogP contribution < -0.4 is 4.74 Å². The minimum Gasteiger partial charge on any atom is -0.497 e. The second kappa shape index (κ2) is 7.38. The van der Waals surface area contributed by atoms with Gasteiger partial charge < -0.3 is 19.8 Å². The molecule has 0 unspecified atom stereocenters. The third kappa shape index (κ3) is 4.59. The Hall–Kier alpha value is -2.08. The molecule has 0 spiro atoms. The van der Waals surface area contributed by atoms with Crippen molar-refractivity contribution in [3.63, 3.8) is 0 Å². The minimum absolute atomic E-state index is 0.0614. The van der Waals surface area contributed by atoms with Crippen LogP contribution in [0.5, 0.6) is 5.75 Å². The summed E-state index contributed by atoms with van der Waals surface area (Å²) in [6, 6.07) is 6.59. The third-order valence-corrected chi connectivity index (χ3v) is 2.57. The number of hydrogen-bond acceptors (Lipinski definition) is 4. The van der Waals surface area contributed by atoms with E-state index in [0.29, 0.717) is 11.3 Å². The van der Waals surface area contributed by atoms with Gasteiger partial charge in [0.15, 0.2) is 0 Å². The van der Waals surface area contributed by atoms with Crippen molar-refractivity contribution < 1.29 is 24.5 Å². The van der Waals surface area contributed by atoms with E-state index in [9.17, 15) is 9.59 Å². The Bertz CT molecular complexity index is 446. The molecule has 104 valence electrons. The molecule has 1 aromatic rings.